The van der Waals surface area contributed by atoms with E-state index >= 15 is 0 Å². The second kappa shape index (κ2) is 20.3. The minimum Gasteiger partial charge on any atom is -0.491 e. The molecule has 67 heavy (non-hydrogen) atoms. The summed E-state index contributed by atoms with van der Waals surface area (Å²) in [5, 5.41) is 11.8. The first-order valence-electron chi connectivity index (χ1n) is 22.6. The van der Waals surface area contributed by atoms with Crippen LogP contribution >= 0.6 is 23.2 Å². The normalized spacial score (nSPS) is 15.5. The minimum atomic E-state index is -0.558. The standard InChI is InChI=1S/C24H27ClFN5O3.C24H29ClN6O2/c1-33-20-11-19-22(29-24(20)34-2)16(18-10-15-21(25)17(26)12-27-23(15)28-18)13-31(19)7-3-6-30-8-4-14(32)5-9-30;1-32-21-12-20-22(29-24(21)33-2)17(19-11-16-18(25)3-6-27-23(16)28-19)14-31(20)10-9-30-7-4-15(13-26)5-8-30/h10-14,32H,3-9H2,1-2H3,(H,27,28);3,6,11-12,14-15H,4-5,7-10,13,26H2,1-2H3,(H,27,28). The molecule has 0 unspecified atom stereocenters. The lowest BCUT2D eigenvalue weighted by Crippen LogP contribution is -2.37. The van der Waals surface area contributed by atoms with Crippen LogP contribution in [0, 0.1) is 11.7 Å². The van der Waals surface area contributed by atoms with Crippen molar-refractivity contribution in [2.75, 3.05) is 74.3 Å². The molecule has 8 aromatic rings. The van der Waals surface area contributed by atoms with Crippen molar-refractivity contribution in [3.8, 4) is 45.8 Å². The summed E-state index contributed by atoms with van der Waals surface area (Å²) in [4.78, 5) is 29.6. The van der Waals surface area contributed by atoms with Gasteiger partial charge in [0.05, 0.1) is 73.2 Å². The Morgan fingerprint density at radius 1 is 0.716 bits per heavy atom. The molecule has 2 aliphatic heterocycles. The molecule has 10 heterocycles. The van der Waals surface area contributed by atoms with Crippen molar-refractivity contribution in [2.45, 2.75) is 51.3 Å². The molecule has 354 valence electrons. The third-order valence-corrected chi connectivity index (χ3v) is 13.8. The Bertz CT molecular complexity index is 3010. The molecule has 16 nitrogen and oxygen atoms in total. The summed E-state index contributed by atoms with van der Waals surface area (Å²) in [5.74, 6) is 2.11. The van der Waals surface area contributed by atoms with Crippen LogP contribution in [0.15, 0.2) is 55.1 Å². The summed E-state index contributed by atoms with van der Waals surface area (Å²) in [6.45, 7) is 8.36. The number of methoxy groups -OCH3 is 4. The number of pyridine rings is 4. The van der Waals surface area contributed by atoms with E-state index in [1.807, 2.05) is 24.4 Å². The van der Waals surface area contributed by atoms with E-state index in [9.17, 15) is 9.50 Å². The highest BCUT2D eigenvalue weighted by atomic mass is 35.5. The molecule has 19 heteroatoms. The van der Waals surface area contributed by atoms with Crippen molar-refractivity contribution < 1.29 is 28.4 Å². The number of piperidine rings is 2. The van der Waals surface area contributed by atoms with Gasteiger partial charge in [0.25, 0.3) is 11.8 Å². The highest BCUT2D eigenvalue weighted by molar-refractivity contribution is 6.36. The van der Waals surface area contributed by atoms with Crippen molar-refractivity contribution in [3.63, 3.8) is 0 Å². The van der Waals surface area contributed by atoms with Gasteiger partial charge in [-0.25, -0.2) is 24.3 Å². The van der Waals surface area contributed by atoms with Gasteiger partial charge >= 0.3 is 0 Å². The monoisotopic (exact) mass is 955 g/mol. The molecule has 0 aromatic carbocycles. The zero-order valence-electron chi connectivity index (χ0n) is 38.1. The van der Waals surface area contributed by atoms with Crippen LogP contribution in [-0.4, -0.2) is 134 Å². The summed E-state index contributed by atoms with van der Waals surface area (Å²) in [7, 11) is 6.38. The average molecular weight is 957 g/mol. The third-order valence-electron chi connectivity index (χ3n) is 13.1. The number of nitrogens with zero attached hydrogens (tertiary/aromatic N) is 8. The highest BCUT2D eigenvalue weighted by Crippen LogP contribution is 2.39. The molecule has 10 rings (SSSR count). The number of aromatic amines is 2. The van der Waals surface area contributed by atoms with Crippen LogP contribution in [0.25, 0.3) is 66.6 Å². The van der Waals surface area contributed by atoms with E-state index in [1.165, 1.54) is 12.8 Å². The van der Waals surface area contributed by atoms with Crippen LogP contribution in [0.3, 0.4) is 0 Å². The van der Waals surface area contributed by atoms with Gasteiger partial charge in [-0.2, -0.15) is 0 Å². The van der Waals surface area contributed by atoms with Crippen molar-refractivity contribution >= 4 is 67.3 Å². The Morgan fingerprint density at radius 2 is 1.27 bits per heavy atom. The van der Waals surface area contributed by atoms with Gasteiger partial charge in [-0.15, -0.1) is 0 Å². The van der Waals surface area contributed by atoms with Gasteiger partial charge in [-0.1, -0.05) is 23.2 Å². The number of aliphatic hydroxyl groups is 1. The Kier molecular flexibility index (Phi) is 14.0. The van der Waals surface area contributed by atoms with E-state index in [4.69, 9.17) is 57.9 Å². The number of H-pyrrole nitrogens is 2. The molecule has 8 aromatic heterocycles. The topological polar surface area (TPSA) is 183 Å². The van der Waals surface area contributed by atoms with E-state index in [2.05, 4.69) is 45.1 Å². The van der Waals surface area contributed by atoms with E-state index < -0.39 is 5.82 Å². The van der Waals surface area contributed by atoms with Crippen molar-refractivity contribution in [3.05, 3.63) is 71.0 Å². The van der Waals surface area contributed by atoms with Gasteiger partial charge < -0.3 is 58.7 Å². The zero-order valence-corrected chi connectivity index (χ0v) is 39.6. The van der Waals surface area contributed by atoms with E-state index in [1.54, 1.807) is 46.8 Å². The fourth-order valence-electron chi connectivity index (χ4n) is 9.30. The maximum Gasteiger partial charge on any atom is 0.257 e. The molecule has 0 amide bonds. The molecular formula is C48H56Cl2FN11O5. The largest absolute Gasteiger partial charge is 0.491 e. The Hall–Kier alpha value is -5.69. The average Bonchev–Trinajstić information content (AvgIpc) is 4.15. The Balaban J connectivity index is 0.000000168. The van der Waals surface area contributed by atoms with Gasteiger partial charge in [-0.05, 0) is 82.4 Å². The van der Waals surface area contributed by atoms with Crippen LogP contribution in [0.2, 0.25) is 10.0 Å². The first-order valence-corrected chi connectivity index (χ1v) is 23.4. The molecule has 2 fully saturated rings. The summed E-state index contributed by atoms with van der Waals surface area (Å²) in [6.07, 6.45) is 11.8. The summed E-state index contributed by atoms with van der Waals surface area (Å²) < 4.78 is 40.3. The number of nitrogens with two attached hydrogens (primary N) is 1. The maximum absolute atomic E-state index is 13.9. The number of rotatable bonds is 14. The number of likely N-dealkylation sites (tertiary alicyclic amines) is 2. The number of aromatic nitrogens is 8. The predicted octanol–water partition coefficient (Wildman–Crippen LogP) is 8.16. The number of aryl methyl sites for hydroxylation is 1. The molecule has 0 bridgehead atoms. The number of nitrogens with one attached hydrogen (secondary N) is 2. The van der Waals surface area contributed by atoms with E-state index in [-0.39, 0.29) is 11.1 Å². The van der Waals surface area contributed by atoms with Gasteiger partial charge in [0.1, 0.15) is 22.3 Å². The van der Waals surface area contributed by atoms with Gasteiger partial charge in [-0.3, -0.25) is 0 Å². The molecule has 5 N–H and O–H groups in total. The summed E-state index contributed by atoms with van der Waals surface area (Å²) in [5.41, 5.74) is 14.1. The fourth-order valence-corrected chi connectivity index (χ4v) is 9.69. The SMILES string of the molecule is COc1cc2c(nc1OC)c(-c1cc3c(Cl)c(F)cnc3[nH]1)cn2CCCN1CCC(O)CC1.COc1cc2c(nc1OC)c(-c1cc3c(Cl)ccnc3[nH]1)cn2CCN1CCC(CN)CC1. The molecule has 0 aliphatic carbocycles. The lowest BCUT2D eigenvalue weighted by atomic mass is 9.97. The first-order chi connectivity index (χ1) is 32.6. The van der Waals surface area contributed by atoms with Crippen molar-refractivity contribution in [2.24, 2.45) is 11.7 Å². The van der Waals surface area contributed by atoms with Crippen molar-refractivity contribution in [1.29, 1.82) is 0 Å². The fraction of sp³-hybridized carbons (Fsp3) is 0.417. The molecule has 2 saturated heterocycles. The number of fused-ring (bicyclic) bond motifs is 4. The maximum atomic E-state index is 13.9. The van der Waals surface area contributed by atoms with Crippen LogP contribution < -0.4 is 24.7 Å². The number of halogens is 3. The second-order valence-corrected chi connectivity index (χ2v) is 17.9. The second-order valence-electron chi connectivity index (χ2n) is 17.2. The summed E-state index contributed by atoms with van der Waals surface area (Å²) >= 11 is 12.6. The lowest BCUT2D eigenvalue weighted by molar-refractivity contribution is 0.0816. The van der Waals surface area contributed by atoms with E-state index in [0.29, 0.717) is 45.2 Å². The van der Waals surface area contributed by atoms with Crippen LogP contribution in [0.4, 0.5) is 4.39 Å². The van der Waals surface area contributed by atoms with Gasteiger partial charge in [0.2, 0.25) is 0 Å². The molecule has 0 radical (unpaired) electrons. The smallest absolute Gasteiger partial charge is 0.257 e. The highest BCUT2D eigenvalue weighted by Gasteiger charge is 2.23. The number of hydrogen-bond acceptors (Lipinski definition) is 12. The van der Waals surface area contributed by atoms with Crippen LogP contribution in [0.5, 0.6) is 23.3 Å². The van der Waals surface area contributed by atoms with Crippen LogP contribution in [0.1, 0.15) is 32.1 Å². The third kappa shape index (κ3) is 9.58. The molecule has 0 atom stereocenters. The molecule has 2 aliphatic rings. The van der Waals surface area contributed by atoms with Gasteiger partial charge in [0.15, 0.2) is 17.3 Å². The Morgan fingerprint density at radius 3 is 1.84 bits per heavy atom. The molecule has 0 saturated carbocycles. The van der Waals surface area contributed by atoms with E-state index in [0.717, 1.165) is 140 Å². The zero-order chi connectivity index (χ0) is 46.8. The number of aliphatic hydroxyl groups excluding tert-OH is 1. The molecule has 0 spiro atoms. The number of ether oxygens (including phenoxy) is 4. The van der Waals surface area contributed by atoms with Crippen molar-refractivity contribution in [1.82, 2.24) is 48.8 Å². The predicted molar refractivity (Wildman–Crippen MR) is 260 cm³/mol. The van der Waals surface area contributed by atoms with Gasteiger partial charge in [0, 0.05) is 85.3 Å². The number of hydrogen-bond donors (Lipinski definition) is 4. The first kappa shape index (κ1) is 46.4. The molecular weight excluding hydrogens is 901 g/mol. The Labute approximate surface area is 397 Å². The van der Waals surface area contributed by atoms with Crippen LogP contribution in [-0.2, 0) is 13.1 Å². The lowest BCUT2D eigenvalue weighted by Gasteiger charge is -2.31. The quantitative estimate of drug-likeness (QED) is 0.0822. The minimum absolute atomic E-state index is 0.0371. The summed E-state index contributed by atoms with van der Waals surface area (Å²) in [6, 6.07) is 9.55.